The van der Waals surface area contributed by atoms with Gasteiger partial charge in [0, 0.05) is 14.2 Å². The number of alkyl halides is 1. The molecule has 3 atom stereocenters. The van der Waals surface area contributed by atoms with E-state index in [2.05, 4.69) is 51.8 Å². The number of ether oxygens (including phenoxy) is 1. The van der Waals surface area contributed by atoms with Gasteiger partial charge >= 0.3 is 0 Å². The van der Waals surface area contributed by atoms with Crippen molar-refractivity contribution in [3.63, 3.8) is 0 Å². The molecule has 3 unspecified atom stereocenters. The van der Waals surface area contributed by atoms with Crippen molar-refractivity contribution >= 4 is 43.2 Å². The number of hydrogen-bond acceptors (Lipinski definition) is 2. The van der Waals surface area contributed by atoms with E-state index >= 15 is 0 Å². The summed E-state index contributed by atoms with van der Waals surface area (Å²) >= 11 is 9.14. The third-order valence-corrected chi connectivity index (χ3v) is 6.34. The minimum atomic E-state index is 0.338. The predicted octanol–water partition coefficient (Wildman–Crippen LogP) is 4.82. The van der Waals surface area contributed by atoms with Crippen LogP contribution in [0.3, 0.4) is 0 Å². The molecule has 1 nitrogen and oxygen atoms in total. The Kier molecular flexibility index (Phi) is 3.92. The molecule has 1 aromatic rings. The van der Waals surface area contributed by atoms with Gasteiger partial charge in [-0.25, -0.2) is 0 Å². The highest BCUT2D eigenvalue weighted by Crippen LogP contribution is 2.41. The molecule has 1 saturated heterocycles. The number of rotatable bonds is 2. The highest BCUT2D eigenvalue weighted by molar-refractivity contribution is 9.10. The van der Waals surface area contributed by atoms with Gasteiger partial charge in [-0.1, -0.05) is 15.9 Å². The van der Waals surface area contributed by atoms with E-state index in [1.165, 1.54) is 20.6 Å². The lowest BCUT2D eigenvalue weighted by atomic mass is 10.1. The molecule has 0 N–H and O–H groups in total. The fraction of sp³-hybridized carbons (Fsp3) is 0.636. The van der Waals surface area contributed by atoms with Crippen molar-refractivity contribution in [1.29, 1.82) is 0 Å². The van der Waals surface area contributed by atoms with E-state index in [-0.39, 0.29) is 0 Å². The van der Waals surface area contributed by atoms with Crippen LogP contribution in [0.25, 0.3) is 0 Å². The molecular formula is C11H14Br2OS. The van der Waals surface area contributed by atoms with Crippen LogP contribution in [0.2, 0.25) is 0 Å². The van der Waals surface area contributed by atoms with Gasteiger partial charge < -0.3 is 4.74 Å². The summed E-state index contributed by atoms with van der Waals surface area (Å²) in [4.78, 5) is 3.04. The first-order chi connectivity index (χ1) is 7.08. The Labute approximate surface area is 111 Å². The van der Waals surface area contributed by atoms with E-state index in [0.29, 0.717) is 17.0 Å². The molecule has 2 heterocycles. The minimum absolute atomic E-state index is 0.338. The largest absolute Gasteiger partial charge is 0.374 e. The van der Waals surface area contributed by atoms with E-state index in [1.807, 2.05) is 11.3 Å². The van der Waals surface area contributed by atoms with Crippen LogP contribution in [0.4, 0.5) is 0 Å². The Balaban J connectivity index is 2.10. The third-order valence-electron chi connectivity index (χ3n) is 2.74. The Hall–Kier alpha value is 0.620. The normalized spacial score (nSPS) is 28.3. The highest BCUT2D eigenvalue weighted by Gasteiger charge is 2.30. The van der Waals surface area contributed by atoms with Crippen LogP contribution in [0.15, 0.2) is 10.5 Å². The van der Waals surface area contributed by atoms with Crippen molar-refractivity contribution in [3.8, 4) is 0 Å². The number of thiophene rings is 1. The Bertz CT molecular complexity index is 331. The monoisotopic (exact) mass is 352 g/mol. The molecule has 0 saturated carbocycles. The smallest absolute Gasteiger partial charge is 0.0753 e. The van der Waals surface area contributed by atoms with Gasteiger partial charge in [-0.15, -0.1) is 11.3 Å². The van der Waals surface area contributed by atoms with Gasteiger partial charge in [0.05, 0.1) is 17.0 Å². The molecule has 1 fully saturated rings. The summed E-state index contributed by atoms with van der Waals surface area (Å²) in [7, 11) is 0. The van der Waals surface area contributed by atoms with Crippen LogP contribution in [-0.4, -0.2) is 12.2 Å². The predicted molar refractivity (Wildman–Crippen MR) is 72.0 cm³/mol. The second kappa shape index (κ2) is 4.86. The molecule has 84 valence electrons. The quantitative estimate of drug-likeness (QED) is 0.692. The topological polar surface area (TPSA) is 9.23 Å². The van der Waals surface area contributed by atoms with Crippen molar-refractivity contribution < 1.29 is 4.74 Å². The maximum absolute atomic E-state index is 5.87. The van der Waals surface area contributed by atoms with Gasteiger partial charge in [-0.05, 0) is 48.7 Å². The molecule has 0 bridgehead atoms. The molecule has 1 aliphatic rings. The Morgan fingerprint density at radius 2 is 2.27 bits per heavy atom. The van der Waals surface area contributed by atoms with Crippen LogP contribution in [-0.2, 0) is 4.74 Å². The van der Waals surface area contributed by atoms with Gasteiger partial charge in [0.2, 0.25) is 0 Å². The summed E-state index contributed by atoms with van der Waals surface area (Å²) < 4.78 is 7.08. The second-order valence-electron chi connectivity index (χ2n) is 4.02. The fourth-order valence-corrected chi connectivity index (χ4v) is 4.24. The molecule has 4 heteroatoms. The van der Waals surface area contributed by atoms with Gasteiger partial charge in [-0.3, -0.25) is 0 Å². The summed E-state index contributed by atoms with van der Waals surface area (Å²) in [6.45, 7) is 4.28. The van der Waals surface area contributed by atoms with Crippen molar-refractivity contribution in [2.24, 2.45) is 0 Å². The first kappa shape index (κ1) is 12.1. The highest BCUT2D eigenvalue weighted by atomic mass is 79.9. The lowest BCUT2D eigenvalue weighted by molar-refractivity contribution is 0.0561. The van der Waals surface area contributed by atoms with E-state index in [9.17, 15) is 0 Å². The zero-order chi connectivity index (χ0) is 11.0. The summed E-state index contributed by atoms with van der Waals surface area (Å²) in [5.41, 5.74) is 0. The molecule has 0 radical (unpaired) electrons. The standard InChI is InChI=1S/C11H14Br2OS/c1-6-3-4-9(14-6)11(13)10-5-8(12)7(2)15-10/h5-6,9,11H,3-4H2,1-2H3. The molecule has 0 aromatic carbocycles. The molecule has 0 amide bonds. The third kappa shape index (κ3) is 2.65. The van der Waals surface area contributed by atoms with Crippen molar-refractivity contribution in [2.45, 2.75) is 43.7 Å². The van der Waals surface area contributed by atoms with Crippen LogP contribution in [0.1, 0.15) is 34.3 Å². The summed E-state index contributed by atoms with van der Waals surface area (Å²) in [6.07, 6.45) is 3.09. The average molecular weight is 354 g/mol. The molecule has 2 rings (SSSR count). The lowest BCUT2D eigenvalue weighted by Crippen LogP contribution is -2.13. The SMILES string of the molecule is Cc1sc(C(Br)C2CCC(C)O2)cc1Br. The van der Waals surface area contributed by atoms with Gasteiger partial charge in [-0.2, -0.15) is 0 Å². The molecule has 0 aliphatic carbocycles. The van der Waals surface area contributed by atoms with Crippen molar-refractivity contribution in [3.05, 3.63) is 20.3 Å². The van der Waals surface area contributed by atoms with Crippen LogP contribution in [0, 0.1) is 6.92 Å². The molecule has 1 aromatic heterocycles. The van der Waals surface area contributed by atoms with Crippen LogP contribution in [0.5, 0.6) is 0 Å². The molecule has 15 heavy (non-hydrogen) atoms. The average Bonchev–Trinajstić information content (AvgIpc) is 2.74. The second-order valence-corrected chi connectivity index (χ2v) is 7.15. The van der Waals surface area contributed by atoms with Crippen molar-refractivity contribution in [1.82, 2.24) is 0 Å². The zero-order valence-electron chi connectivity index (χ0n) is 8.80. The van der Waals surface area contributed by atoms with Crippen LogP contribution >= 0.6 is 43.2 Å². The van der Waals surface area contributed by atoms with Gasteiger partial charge in [0.15, 0.2) is 0 Å². The Morgan fingerprint density at radius 3 is 2.73 bits per heavy atom. The van der Waals surface area contributed by atoms with E-state index in [1.54, 1.807) is 0 Å². The van der Waals surface area contributed by atoms with Crippen molar-refractivity contribution in [2.75, 3.05) is 0 Å². The molecule has 0 spiro atoms. The van der Waals surface area contributed by atoms with Gasteiger partial charge in [0.1, 0.15) is 0 Å². The number of aryl methyl sites for hydroxylation is 1. The molecule has 1 aliphatic heterocycles. The minimum Gasteiger partial charge on any atom is -0.374 e. The summed E-state index contributed by atoms with van der Waals surface area (Å²) in [5.74, 6) is 0. The summed E-state index contributed by atoms with van der Waals surface area (Å²) in [5, 5.41) is 0. The van der Waals surface area contributed by atoms with E-state index in [0.717, 1.165) is 6.42 Å². The first-order valence-electron chi connectivity index (χ1n) is 5.13. The Morgan fingerprint density at radius 1 is 1.53 bits per heavy atom. The zero-order valence-corrected chi connectivity index (χ0v) is 12.8. The fourth-order valence-electron chi connectivity index (χ4n) is 1.85. The maximum Gasteiger partial charge on any atom is 0.0753 e. The number of hydrogen-bond donors (Lipinski definition) is 0. The number of halogens is 2. The molecular weight excluding hydrogens is 340 g/mol. The first-order valence-corrected chi connectivity index (χ1v) is 7.66. The summed E-state index contributed by atoms with van der Waals surface area (Å²) in [6, 6.07) is 2.20. The van der Waals surface area contributed by atoms with E-state index in [4.69, 9.17) is 4.74 Å². The maximum atomic E-state index is 5.87. The lowest BCUT2D eigenvalue weighted by Gasteiger charge is -2.16. The van der Waals surface area contributed by atoms with Crippen LogP contribution < -0.4 is 0 Å². The van der Waals surface area contributed by atoms with E-state index < -0.39 is 0 Å². The van der Waals surface area contributed by atoms with Gasteiger partial charge in [0.25, 0.3) is 0 Å².